The van der Waals surface area contributed by atoms with Crippen LogP contribution < -0.4 is 5.32 Å². The molecule has 0 bridgehead atoms. The van der Waals surface area contributed by atoms with Crippen molar-refractivity contribution >= 4 is 22.2 Å². The monoisotopic (exact) mass is 269 g/mol. The highest BCUT2D eigenvalue weighted by Gasteiger charge is 2.47. The van der Waals surface area contributed by atoms with Crippen LogP contribution in [0.1, 0.15) is 26.7 Å². The van der Waals surface area contributed by atoms with Gasteiger partial charge in [-0.2, -0.15) is 0 Å². The molecular weight excluding hydrogens is 250 g/mol. The maximum absolute atomic E-state index is 11.8. The molecule has 0 radical (unpaired) electrons. The standard InChI is InChI=1S/C10H19NO3S.ClH/c1-8-6-11-10(2,14-7-8)9-4-3-5-15(9,12)13;/h8-9,11H,3-7H2,1-2H3;1H. The van der Waals surface area contributed by atoms with E-state index in [1.165, 1.54) is 0 Å². The van der Waals surface area contributed by atoms with Crippen molar-refractivity contribution < 1.29 is 13.2 Å². The van der Waals surface area contributed by atoms with Crippen molar-refractivity contribution in [3.63, 3.8) is 0 Å². The largest absolute Gasteiger partial charge is 0.359 e. The van der Waals surface area contributed by atoms with Crippen molar-refractivity contribution in [2.24, 2.45) is 5.92 Å². The van der Waals surface area contributed by atoms with E-state index in [2.05, 4.69) is 12.2 Å². The van der Waals surface area contributed by atoms with Gasteiger partial charge in [-0.1, -0.05) is 6.92 Å². The van der Waals surface area contributed by atoms with Crippen LogP contribution in [0.25, 0.3) is 0 Å². The lowest BCUT2D eigenvalue weighted by Gasteiger charge is -2.41. The molecule has 96 valence electrons. The second kappa shape index (κ2) is 4.80. The van der Waals surface area contributed by atoms with Gasteiger partial charge in [-0.05, 0) is 25.7 Å². The van der Waals surface area contributed by atoms with Gasteiger partial charge in [0.2, 0.25) is 0 Å². The average molecular weight is 270 g/mol. The predicted octanol–water partition coefficient (Wildman–Crippen LogP) is 0.958. The van der Waals surface area contributed by atoms with Crippen molar-refractivity contribution in [1.29, 1.82) is 0 Å². The summed E-state index contributed by atoms with van der Waals surface area (Å²) in [5.41, 5.74) is -0.665. The molecule has 4 nitrogen and oxygen atoms in total. The van der Waals surface area contributed by atoms with E-state index < -0.39 is 15.6 Å². The molecule has 0 aromatic carbocycles. The van der Waals surface area contributed by atoms with Gasteiger partial charge in [-0.25, -0.2) is 8.42 Å². The summed E-state index contributed by atoms with van der Waals surface area (Å²) in [6.07, 6.45) is 1.49. The first kappa shape index (κ1) is 14.2. The van der Waals surface area contributed by atoms with Gasteiger partial charge in [-0.3, -0.25) is 5.32 Å². The van der Waals surface area contributed by atoms with Crippen LogP contribution in [-0.4, -0.2) is 38.3 Å². The van der Waals surface area contributed by atoms with E-state index in [0.29, 0.717) is 18.3 Å². The molecule has 0 aliphatic carbocycles. The second-order valence-corrected chi connectivity index (χ2v) is 7.20. The lowest BCUT2D eigenvalue weighted by atomic mass is 10.0. The Kier molecular flexibility index (Phi) is 4.27. The fraction of sp³-hybridized carbons (Fsp3) is 1.00. The van der Waals surface area contributed by atoms with Gasteiger partial charge in [0.15, 0.2) is 9.84 Å². The molecular formula is C10H20ClNO3S. The number of hydrogen-bond donors (Lipinski definition) is 1. The molecule has 0 saturated carbocycles. The van der Waals surface area contributed by atoms with Gasteiger partial charge < -0.3 is 4.74 Å². The van der Waals surface area contributed by atoms with E-state index in [0.717, 1.165) is 19.4 Å². The first-order chi connectivity index (χ1) is 6.94. The highest BCUT2D eigenvalue weighted by atomic mass is 35.5. The van der Waals surface area contributed by atoms with E-state index in [4.69, 9.17) is 4.74 Å². The van der Waals surface area contributed by atoms with Gasteiger partial charge in [0, 0.05) is 6.54 Å². The fourth-order valence-electron chi connectivity index (χ4n) is 2.42. The zero-order valence-corrected chi connectivity index (χ0v) is 11.4. The zero-order valence-electron chi connectivity index (χ0n) is 9.73. The summed E-state index contributed by atoms with van der Waals surface area (Å²) < 4.78 is 29.4. The molecule has 1 N–H and O–H groups in total. The molecule has 0 spiro atoms. The number of halogens is 1. The predicted molar refractivity (Wildman–Crippen MR) is 65.6 cm³/mol. The van der Waals surface area contributed by atoms with E-state index in [-0.39, 0.29) is 17.7 Å². The number of ether oxygens (including phenoxy) is 1. The van der Waals surface area contributed by atoms with Crippen LogP contribution in [0, 0.1) is 5.92 Å². The van der Waals surface area contributed by atoms with Gasteiger partial charge in [0.1, 0.15) is 11.0 Å². The summed E-state index contributed by atoms with van der Waals surface area (Å²) in [7, 11) is -2.95. The van der Waals surface area contributed by atoms with Crippen LogP contribution in [-0.2, 0) is 14.6 Å². The summed E-state index contributed by atoms with van der Waals surface area (Å²) in [6.45, 7) is 5.44. The third-order valence-electron chi connectivity index (χ3n) is 3.41. The molecule has 3 unspecified atom stereocenters. The number of sulfone groups is 1. The summed E-state index contributed by atoms with van der Waals surface area (Å²) in [6, 6.07) is 0. The smallest absolute Gasteiger partial charge is 0.157 e. The third kappa shape index (κ3) is 2.53. The van der Waals surface area contributed by atoms with Crippen molar-refractivity contribution in [2.45, 2.75) is 37.7 Å². The molecule has 6 heteroatoms. The molecule has 0 aromatic heterocycles. The van der Waals surface area contributed by atoms with Crippen molar-refractivity contribution in [2.75, 3.05) is 18.9 Å². The third-order valence-corrected chi connectivity index (χ3v) is 5.82. The molecule has 16 heavy (non-hydrogen) atoms. The number of hydrogen-bond acceptors (Lipinski definition) is 4. The normalized spacial score (nSPS) is 42.6. The van der Waals surface area contributed by atoms with Crippen LogP contribution in [0.3, 0.4) is 0 Å². The SMILES string of the molecule is CC1CNC(C)(C2CCCS2(=O)=O)OC1.Cl. The van der Waals surface area contributed by atoms with Gasteiger partial charge in [0.05, 0.1) is 12.4 Å². The van der Waals surface area contributed by atoms with Crippen LogP contribution in [0.2, 0.25) is 0 Å². The molecule has 2 saturated heterocycles. The van der Waals surface area contributed by atoms with Crippen LogP contribution >= 0.6 is 12.4 Å². The van der Waals surface area contributed by atoms with Crippen molar-refractivity contribution in [3.05, 3.63) is 0 Å². The first-order valence-electron chi connectivity index (χ1n) is 5.54. The molecule has 2 aliphatic heterocycles. The highest BCUT2D eigenvalue weighted by Crippen LogP contribution is 2.32. The van der Waals surface area contributed by atoms with Gasteiger partial charge >= 0.3 is 0 Å². The van der Waals surface area contributed by atoms with Crippen LogP contribution in [0.4, 0.5) is 0 Å². The topological polar surface area (TPSA) is 55.4 Å². The number of rotatable bonds is 1. The average Bonchev–Trinajstić information content (AvgIpc) is 2.52. The minimum Gasteiger partial charge on any atom is -0.359 e. The Hall–Kier alpha value is 0.160. The quantitative estimate of drug-likeness (QED) is 0.770. The number of nitrogens with one attached hydrogen (secondary N) is 1. The summed E-state index contributed by atoms with van der Waals surface area (Å²) in [4.78, 5) is 0. The van der Waals surface area contributed by atoms with E-state index >= 15 is 0 Å². The van der Waals surface area contributed by atoms with E-state index in [1.807, 2.05) is 6.92 Å². The Morgan fingerprint density at radius 2 is 2.12 bits per heavy atom. The minimum absolute atomic E-state index is 0. The van der Waals surface area contributed by atoms with Crippen LogP contribution in [0.5, 0.6) is 0 Å². The highest BCUT2D eigenvalue weighted by molar-refractivity contribution is 7.92. The van der Waals surface area contributed by atoms with Crippen molar-refractivity contribution in [3.8, 4) is 0 Å². The van der Waals surface area contributed by atoms with E-state index in [1.54, 1.807) is 0 Å². The van der Waals surface area contributed by atoms with Gasteiger partial charge in [0.25, 0.3) is 0 Å². The summed E-state index contributed by atoms with van der Waals surface area (Å²) >= 11 is 0. The lowest BCUT2D eigenvalue weighted by molar-refractivity contribution is -0.102. The summed E-state index contributed by atoms with van der Waals surface area (Å²) in [5, 5.41) is 2.88. The van der Waals surface area contributed by atoms with Crippen molar-refractivity contribution in [1.82, 2.24) is 5.32 Å². The molecule has 0 amide bonds. The van der Waals surface area contributed by atoms with Gasteiger partial charge in [-0.15, -0.1) is 12.4 Å². The maximum atomic E-state index is 11.8. The minimum atomic E-state index is -2.95. The Balaban J connectivity index is 0.00000128. The molecule has 2 fully saturated rings. The second-order valence-electron chi connectivity index (χ2n) is 4.90. The molecule has 3 atom stereocenters. The van der Waals surface area contributed by atoms with Crippen LogP contribution in [0.15, 0.2) is 0 Å². The zero-order chi connectivity index (χ0) is 11.1. The maximum Gasteiger partial charge on any atom is 0.157 e. The molecule has 2 aliphatic rings. The Labute approximate surface area is 103 Å². The molecule has 2 heterocycles. The fourth-order valence-corrected chi connectivity index (χ4v) is 4.63. The molecule has 0 aromatic rings. The Morgan fingerprint density at radius 1 is 1.44 bits per heavy atom. The Morgan fingerprint density at radius 3 is 2.56 bits per heavy atom. The Bertz CT molecular complexity index is 336. The lowest BCUT2D eigenvalue weighted by Crippen LogP contribution is -2.60. The first-order valence-corrected chi connectivity index (χ1v) is 7.26. The summed E-state index contributed by atoms with van der Waals surface area (Å²) in [5.74, 6) is 0.774. The van der Waals surface area contributed by atoms with E-state index in [9.17, 15) is 8.42 Å². The molecule has 2 rings (SSSR count).